The first-order valence-corrected chi connectivity index (χ1v) is 5.70. The molecule has 0 saturated carbocycles. The molecule has 0 aliphatic heterocycles. The number of nitrogens with zero attached hydrogens (tertiary/aromatic N) is 1. The fourth-order valence-electron chi connectivity index (χ4n) is 1.66. The quantitative estimate of drug-likeness (QED) is 0.687. The number of rotatable bonds is 7. The van der Waals surface area contributed by atoms with Crippen LogP contribution >= 0.6 is 0 Å². The lowest BCUT2D eigenvalue weighted by Gasteiger charge is -2.16. The summed E-state index contributed by atoms with van der Waals surface area (Å²) in [4.78, 5) is 2.38. The van der Waals surface area contributed by atoms with Crippen molar-refractivity contribution in [2.24, 2.45) is 0 Å². The Labute approximate surface area is 93.3 Å². The van der Waals surface area contributed by atoms with Crippen LogP contribution in [-0.2, 0) is 6.54 Å². The maximum atomic E-state index is 3.17. The zero-order valence-corrected chi connectivity index (χ0v) is 9.87. The smallest absolute Gasteiger partial charge is 0.0230 e. The van der Waals surface area contributed by atoms with Crippen LogP contribution < -0.4 is 5.32 Å². The third-order valence-corrected chi connectivity index (χ3v) is 2.51. The van der Waals surface area contributed by atoms with Crippen molar-refractivity contribution in [3.8, 4) is 0 Å². The highest BCUT2D eigenvalue weighted by molar-refractivity contribution is 5.14. The van der Waals surface area contributed by atoms with Gasteiger partial charge in [0.2, 0.25) is 0 Å². The number of nitrogens with one attached hydrogen (secondary N) is 1. The lowest BCUT2D eigenvalue weighted by molar-refractivity contribution is 0.318. The lowest BCUT2D eigenvalue weighted by Crippen LogP contribution is -2.20. The fraction of sp³-hybridized carbons (Fsp3) is 0.538. The van der Waals surface area contributed by atoms with E-state index in [1.165, 1.54) is 24.9 Å². The first-order valence-electron chi connectivity index (χ1n) is 5.70. The van der Waals surface area contributed by atoms with Gasteiger partial charge in [-0.15, -0.1) is 0 Å². The Morgan fingerprint density at radius 2 is 1.87 bits per heavy atom. The summed E-state index contributed by atoms with van der Waals surface area (Å²) in [5.74, 6) is 0. The molecule has 0 amide bonds. The van der Waals surface area contributed by atoms with E-state index in [9.17, 15) is 0 Å². The third-order valence-electron chi connectivity index (χ3n) is 2.51. The molecule has 84 valence electrons. The van der Waals surface area contributed by atoms with Gasteiger partial charge in [-0.2, -0.15) is 0 Å². The summed E-state index contributed by atoms with van der Waals surface area (Å²) < 4.78 is 0. The van der Waals surface area contributed by atoms with Crippen LogP contribution in [0.2, 0.25) is 0 Å². The van der Waals surface area contributed by atoms with Gasteiger partial charge in [0.25, 0.3) is 0 Å². The molecule has 1 N–H and O–H groups in total. The Hall–Kier alpha value is -0.860. The predicted octanol–water partition coefficient (Wildman–Crippen LogP) is 2.12. The summed E-state index contributed by atoms with van der Waals surface area (Å²) in [5, 5.41) is 3.17. The van der Waals surface area contributed by atoms with Crippen LogP contribution in [0.1, 0.15) is 18.4 Å². The molecule has 0 saturated heterocycles. The van der Waals surface area contributed by atoms with Crippen molar-refractivity contribution in [2.75, 3.05) is 27.2 Å². The molecule has 2 nitrogen and oxygen atoms in total. The van der Waals surface area contributed by atoms with Crippen molar-refractivity contribution in [1.29, 1.82) is 0 Å². The van der Waals surface area contributed by atoms with Gasteiger partial charge in [-0.3, -0.25) is 0 Å². The maximum Gasteiger partial charge on any atom is 0.0230 e. The summed E-state index contributed by atoms with van der Waals surface area (Å²) in [6.07, 6.45) is 2.53. The molecule has 2 heteroatoms. The second-order valence-corrected chi connectivity index (χ2v) is 4.03. The number of hydrogen-bond donors (Lipinski definition) is 1. The Morgan fingerprint density at radius 1 is 1.13 bits per heavy atom. The first kappa shape index (κ1) is 12.2. The summed E-state index contributed by atoms with van der Waals surface area (Å²) in [6, 6.07) is 10.6. The van der Waals surface area contributed by atoms with Crippen molar-refractivity contribution in [3.05, 3.63) is 35.9 Å². The van der Waals surface area contributed by atoms with Crippen molar-refractivity contribution < 1.29 is 0 Å². The predicted molar refractivity (Wildman–Crippen MR) is 65.9 cm³/mol. The van der Waals surface area contributed by atoms with Crippen LogP contribution in [0.4, 0.5) is 0 Å². The van der Waals surface area contributed by atoms with E-state index in [2.05, 4.69) is 47.6 Å². The van der Waals surface area contributed by atoms with E-state index in [0.29, 0.717) is 0 Å². The molecule has 0 heterocycles. The van der Waals surface area contributed by atoms with Gasteiger partial charge in [-0.25, -0.2) is 0 Å². The van der Waals surface area contributed by atoms with E-state index in [-0.39, 0.29) is 0 Å². The molecule has 1 aromatic carbocycles. The molecular weight excluding hydrogens is 184 g/mol. The van der Waals surface area contributed by atoms with E-state index in [1.807, 2.05) is 7.05 Å². The molecule has 0 aliphatic carbocycles. The minimum absolute atomic E-state index is 1.06. The van der Waals surface area contributed by atoms with Crippen molar-refractivity contribution >= 4 is 0 Å². The fourth-order valence-corrected chi connectivity index (χ4v) is 1.66. The number of unbranched alkanes of at least 4 members (excludes halogenated alkanes) is 1. The third kappa shape index (κ3) is 5.55. The van der Waals surface area contributed by atoms with Crippen LogP contribution in [-0.4, -0.2) is 32.1 Å². The molecule has 0 unspecified atom stereocenters. The Kier molecular flexibility index (Phi) is 6.05. The molecule has 0 radical (unpaired) electrons. The van der Waals surface area contributed by atoms with E-state index in [0.717, 1.165) is 13.1 Å². The Balaban J connectivity index is 2.16. The zero-order chi connectivity index (χ0) is 10.9. The van der Waals surface area contributed by atoms with E-state index < -0.39 is 0 Å². The highest BCUT2D eigenvalue weighted by Gasteiger charge is 1.98. The molecule has 1 aromatic rings. The van der Waals surface area contributed by atoms with Gasteiger partial charge < -0.3 is 10.2 Å². The monoisotopic (exact) mass is 206 g/mol. The Morgan fingerprint density at radius 3 is 2.53 bits per heavy atom. The average molecular weight is 206 g/mol. The average Bonchev–Trinajstić information content (AvgIpc) is 2.26. The van der Waals surface area contributed by atoms with Crippen LogP contribution in [0.25, 0.3) is 0 Å². The number of hydrogen-bond acceptors (Lipinski definition) is 2. The van der Waals surface area contributed by atoms with Crippen LogP contribution in [0.15, 0.2) is 30.3 Å². The van der Waals surface area contributed by atoms with Crippen molar-refractivity contribution in [2.45, 2.75) is 19.4 Å². The SMILES string of the molecule is CNCCCCN(C)Cc1ccccc1. The van der Waals surface area contributed by atoms with Crippen LogP contribution in [0.3, 0.4) is 0 Å². The zero-order valence-electron chi connectivity index (χ0n) is 9.87. The minimum Gasteiger partial charge on any atom is -0.320 e. The van der Waals surface area contributed by atoms with Crippen LogP contribution in [0.5, 0.6) is 0 Å². The van der Waals surface area contributed by atoms with Gasteiger partial charge in [-0.1, -0.05) is 30.3 Å². The van der Waals surface area contributed by atoms with Gasteiger partial charge in [0.1, 0.15) is 0 Å². The van der Waals surface area contributed by atoms with Gasteiger partial charge >= 0.3 is 0 Å². The van der Waals surface area contributed by atoms with Gasteiger partial charge in [-0.05, 0) is 45.6 Å². The summed E-state index contributed by atoms with van der Waals surface area (Å²) in [7, 11) is 4.19. The molecule has 0 atom stereocenters. The van der Waals surface area contributed by atoms with E-state index in [1.54, 1.807) is 0 Å². The lowest BCUT2D eigenvalue weighted by atomic mass is 10.2. The molecular formula is C13H22N2. The molecule has 1 rings (SSSR count). The van der Waals surface area contributed by atoms with Gasteiger partial charge in [0.05, 0.1) is 0 Å². The molecule has 0 fully saturated rings. The minimum atomic E-state index is 1.06. The topological polar surface area (TPSA) is 15.3 Å². The molecule has 0 aliphatic rings. The summed E-state index contributed by atoms with van der Waals surface area (Å²) in [6.45, 7) is 3.36. The van der Waals surface area contributed by atoms with Crippen molar-refractivity contribution in [1.82, 2.24) is 10.2 Å². The molecule has 0 aromatic heterocycles. The van der Waals surface area contributed by atoms with Gasteiger partial charge in [0.15, 0.2) is 0 Å². The Bertz CT molecular complexity index is 246. The van der Waals surface area contributed by atoms with Crippen LogP contribution in [0, 0.1) is 0 Å². The normalized spacial score (nSPS) is 10.9. The maximum absolute atomic E-state index is 3.17. The van der Waals surface area contributed by atoms with Crippen molar-refractivity contribution in [3.63, 3.8) is 0 Å². The second-order valence-electron chi connectivity index (χ2n) is 4.03. The summed E-state index contributed by atoms with van der Waals surface area (Å²) in [5.41, 5.74) is 1.40. The highest BCUT2D eigenvalue weighted by Crippen LogP contribution is 2.03. The molecule has 0 spiro atoms. The molecule has 15 heavy (non-hydrogen) atoms. The van der Waals surface area contributed by atoms with E-state index in [4.69, 9.17) is 0 Å². The standard InChI is InChI=1S/C13H22N2/c1-14-10-6-7-11-15(2)12-13-8-4-3-5-9-13/h3-5,8-9,14H,6-7,10-12H2,1-2H3. The first-order chi connectivity index (χ1) is 7.33. The largest absolute Gasteiger partial charge is 0.320 e. The second kappa shape index (κ2) is 7.43. The van der Waals surface area contributed by atoms with Gasteiger partial charge in [0, 0.05) is 6.54 Å². The number of benzene rings is 1. The summed E-state index contributed by atoms with van der Waals surface area (Å²) >= 11 is 0. The van der Waals surface area contributed by atoms with E-state index >= 15 is 0 Å². The highest BCUT2D eigenvalue weighted by atomic mass is 15.1. The molecule has 0 bridgehead atoms.